The third-order valence-corrected chi connectivity index (χ3v) is 12.1. The molecule has 58 heavy (non-hydrogen) atoms. The Hall–Kier alpha value is -7.50. The summed E-state index contributed by atoms with van der Waals surface area (Å²) in [7, 11) is 0. The van der Waals surface area contributed by atoms with Crippen molar-refractivity contribution in [2.24, 2.45) is 0 Å². The van der Waals surface area contributed by atoms with Crippen LogP contribution in [-0.4, -0.2) is 9.97 Å². The Labute approximate surface area is 334 Å². The molecule has 5 nitrogen and oxygen atoms in total. The van der Waals surface area contributed by atoms with Crippen LogP contribution in [0.4, 0.5) is 17.3 Å². The lowest BCUT2D eigenvalue weighted by Gasteiger charge is -2.28. The van der Waals surface area contributed by atoms with Gasteiger partial charge in [0.2, 0.25) is 5.95 Å². The van der Waals surface area contributed by atoms with Crippen LogP contribution >= 0.6 is 0 Å². The Balaban J connectivity index is 1.11. The SMILES string of the molecule is CC1(C)c2ccccc2-c2c(N(c3ccc(-c4cccc5c4oc4ccccc45)cc3)c3nc(-c4cccc5c4oc4ccccc45)c4ccccc4n3)cccc21. The van der Waals surface area contributed by atoms with E-state index in [4.69, 9.17) is 18.8 Å². The van der Waals surface area contributed by atoms with Crippen molar-refractivity contribution in [3.8, 4) is 33.5 Å². The summed E-state index contributed by atoms with van der Waals surface area (Å²) < 4.78 is 13.1. The molecule has 5 heteroatoms. The van der Waals surface area contributed by atoms with Crippen molar-refractivity contribution >= 4 is 72.1 Å². The van der Waals surface area contributed by atoms with E-state index in [9.17, 15) is 0 Å². The molecule has 0 unspecified atom stereocenters. The molecule has 0 amide bonds. The molecule has 0 spiro atoms. The lowest BCUT2D eigenvalue weighted by Crippen LogP contribution is -2.17. The van der Waals surface area contributed by atoms with Gasteiger partial charge in [0.1, 0.15) is 22.3 Å². The number of anilines is 3. The third kappa shape index (κ3) is 4.71. The molecular formula is C53H35N3O2. The highest BCUT2D eigenvalue weighted by Crippen LogP contribution is 2.54. The highest BCUT2D eigenvalue weighted by Gasteiger charge is 2.38. The summed E-state index contributed by atoms with van der Waals surface area (Å²) in [5.74, 6) is 0.574. The molecular weight excluding hydrogens is 711 g/mol. The molecule has 1 aliphatic carbocycles. The van der Waals surface area contributed by atoms with Crippen LogP contribution in [0.2, 0.25) is 0 Å². The van der Waals surface area contributed by atoms with Gasteiger partial charge in [-0.2, -0.15) is 0 Å². The average Bonchev–Trinajstić information content (AvgIpc) is 3.92. The van der Waals surface area contributed by atoms with E-state index in [1.54, 1.807) is 0 Å². The van der Waals surface area contributed by atoms with Crippen LogP contribution in [0, 0.1) is 0 Å². The Bertz CT molecular complexity index is 3450. The van der Waals surface area contributed by atoms with Gasteiger partial charge in [0.25, 0.3) is 0 Å². The maximum Gasteiger partial charge on any atom is 0.235 e. The van der Waals surface area contributed by atoms with Crippen LogP contribution in [0.15, 0.2) is 185 Å². The Morgan fingerprint density at radius 3 is 1.74 bits per heavy atom. The maximum atomic E-state index is 6.60. The number of aromatic nitrogens is 2. The molecule has 0 radical (unpaired) electrons. The summed E-state index contributed by atoms with van der Waals surface area (Å²) in [5, 5.41) is 5.32. The average molecular weight is 746 g/mol. The molecule has 0 fully saturated rings. The Morgan fingerprint density at radius 2 is 1.00 bits per heavy atom. The summed E-state index contributed by atoms with van der Waals surface area (Å²) >= 11 is 0. The molecule has 0 N–H and O–H groups in total. The predicted molar refractivity (Wildman–Crippen MR) is 237 cm³/mol. The van der Waals surface area contributed by atoms with Gasteiger partial charge in [-0.3, -0.25) is 4.90 Å². The highest BCUT2D eigenvalue weighted by molar-refractivity contribution is 6.12. The number of hydrogen-bond acceptors (Lipinski definition) is 5. The molecule has 12 rings (SSSR count). The first kappa shape index (κ1) is 32.7. The van der Waals surface area contributed by atoms with E-state index in [2.05, 4.69) is 164 Å². The van der Waals surface area contributed by atoms with Crippen LogP contribution in [0.1, 0.15) is 25.0 Å². The van der Waals surface area contributed by atoms with E-state index in [0.717, 1.165) is 88.5 Å². The Kier molecular flexibility index (Phi) is 6.91. The molecule has 0 saturated carbocycles. The van der Waals surface area contributed by atoms with Gasteiger partial charge in [-0.1, -0.05) is 147 Å². The van der Waals surface area contributed by atoms with Crippen LogP contribution in [0.25, 0.3) is 88.3 Å². The molecule has 274 valence electrons. The first-order chi connectivity index (χ1) is 28.5. The van der Waals surface area contributed by atoms with E-state index in [1.807, 2.05) is 30.3 Å². The minimum Gasteiger partial charge on any atom is -0.455 e. The number of benzene rings is 8. The lowest BCUT2D eigenvalue weighted by molar-refractivity contribution is 0.660. The van der Waals surface area contributed by atoms with Crippen molar-refractivity contribution in [1.82, 2.24) is 9.97 Å². The standard InChI is InChI=1S/C53H35N3O2/c1-53(2)42-22-7-3-16-39(42)48-43(53)23-13-25-45(48)56(33-30-28-32(29-31-33)34-18-11-19-37-35-14-5-9-26-46(35)57-50(34)37)52-54-44-24-8-4-17-40(44)49(55-52)41-21-12-20-38-36-15-6-10-27-47(36)58-51(38)41/h3-31H,1-2H3. The molecule has 3 aromatic heterocycles. The second-order valence-corrected chi connectivity index (χ2v) is 15.7. The van der Waals surface area contributed by atoms with Crippen LogP contribution in [-0.2, 0) is 5.41 Å². The van der Waals surface area contributed by atoms with Crippen molar-refractivity contribution in [3.05, 3.63) is 187 Å². The first-order valence-corrected chi connectivity index (χ1v) is 19.7. The summed E-state index contributed by atoms with van der Waals surface area (Å²) in [6, 6.07) is 61.6. The highest BCUT2D eigenvalue weighted by atomic mass is 16.3. The van der Waals surface area contributed by atoms with Gasteiger partial charge >= 0.3 is 0 Å². The van der Waals surface area contributed by atoms with Crippen molar-refractivity contribution in [2.45, 2.75) is 19.3 Å². The first-order valence-electron chi connectivity index (χ1n) is 19.7. The molecule has 0 saturated heterocycles. The van der Waals surface area contributed by atoms with E-state index in [-0.39, 0.29) is 5.41 Å². The van der Waals surface area contributed by atoms with Gasteiger partial charge in [-0.15, -0.1) is 0 Å². The second kappa shape index (κ2) is 12.2. The van der Waals surface area contributed by atoms with E-state index < -0.39 is 0 Å². The zero-order valence-electron chi connectivity index (χ0n) is 31.9. The van der Waals surface area contributed by atoms with Gasteiger partial charge in [0.15, 0.2) is 0 Å². The van der Waals surface area contributed by atoms with Crippen LogP contribution in [0.5, 0.6) is 0 Å². The third-order valence-electron chi connectivity index (χ3n) is 12.1. The number of furan rings is 2. The zero-order chi connectivity index (χ0) is 38.5. The van der Waals surface area contributed by atoms with Crippen molar-refractivity contribution < 1.29 is 8.83 Å². The molecule has 8 aromatic carbocycles. The topological polar surface area (TPSA) is 55.3 Å². The van der Waals surface area contributed by atoms with Crippen molar-refractivity contribution in [2.75, 3.05) is 4.90 Å². The van der Waals surface area contributed by atoms with Crippen molar-refractivity contribution in [3.63, 3.8) is 0 Å². The Morgan fingerprint density at radius 1 is 0.448 bits per heavy atom. The zero-order valence-corrected chi connectivity index (χ0v) is 31.9. The van der Waals surface area contributed by atoms with Crippen LogP contribution in [0.3, 0.4) is 0 Å². The van der Waals surface area contributed by atoms with E-state index in [1.165, 1.54) is 22.3 Å². The normalized spacial score (nSPS) is 13.1. The maximum absolute atomic E-state index is 6.60. The number of fused-ring (bicyclic) bond motifs is 10. The fraction of sp³-hybridized carbons (Fsp3) is 0.0566. The van der Waals surface area contributed by atoms with Gasteiger partial charge in [0, 0.05) is 54.7 Å². The monoisotopic (exact) mass is 745 g/mol. The minimum absolute atomic E-state index is 0.185. The number of hydrogen-bond donors (Lipinski definition) is 0. The smallest absolute Gasteiger partial charge is 0.235 e. The predicted octanol–water partition coefficient (Wildman–Crippen LogP) is 14.5. The van der Waals surface area contributed by atoms with Gasteiger partial charge in [-0.25, -0.2) is 9.97 Å². The number of nitrogens with zero attached hydrogens (tertiary/aromatic N) is 3. The van der Waals surface area contributed by atoms with Gasteiger partial charge in [-0.05, 0) is 64.7 Å². The molecule has 0 aliphatic heterocycles. The van der Waals surface area contributed by atoms with E-state index in [0.29, 0.717) is 5.95 Å². The van der Waals surface area contributed by atoms with E-state index >= 15 is 0 Å². The quantitative estimate of drug-likeness (QED) is 0.176. The minimum atomic E-state index is -0.185. The summed E-state index contributed by atoms with van der Waals surface area (Å²) in [6.45, 7) is 4.63. The fourth-order valence-electron chi connectivity index (χ4n) is 9.35. The van der Waals surface area contributed by atoms with Crippen molar-refractivity contribution in [1.29, 1.82) is 0 Å². The lowest BCUT2D eigenvalue weighted by atomic mass is 9.82. The second-order valence-electron chi connectivity index (χ2n) is 15.7. The summed E-state index contributed by atoms with van der Waals surface area (Å²) in [4.78, 5) is 13.2. The van der Waals surface area contributed by atoms with Crippen LogP contribution < -0.4 is 4.90 Å². The summed E-state index contributed by atoms with van der Waals surface area (Å²) in [6.07, 6.45) is 0. The number of para-hydroxylation sites is 5. The van der Waals surface area contributed by atoms with Gasteiger partial charge in [0.05, 0.1) is 16.9 Å². The number of rotatable bonds is 5. The summed E-state index contributed by atoms with van der Waals surface area (Å²) in [5.41, 5.74) is 14.9. The molecule has 0 atom stereocenters. The fourth-order valence-corrected chi connectivity index (χ4v) is 9.35. The molecule has 3 heterocycles. The molecule has 11 aromatic rings. The largest absolute Gasteiger partial charge is 0.455 e. The van der Waals surface area contributed by atoms with Gasteiger partial charge < -0.3 is 8.83 Å². The molecule has 1 aliphatic rings. The molecule has 0 bridgehead atoms.